The molecule has 1 rings (SSSR count). The van der Waals surface area contributed by atoms with Crippen molar-refractivity contribution >= 4 is 5.91 Å². The molecule has 0 unspecified atom stereocenters. The van der Waals surface area contributed by atoms with Gasteiger partial charge in [-0.05, 0) is 12.0 Å². The van der Waals surface area contributed by atoms with Crippen LogP contribution < -0.4 is 5.73 Å². The smallest absolute Gasteiger partial charge is 0.222 e. The Bertz CT molecular complexity index is 311. The van der Waals surface area contributed by atoms with Crippen molar-refractivity contribution in [1.82, 2.24) is 4.90 Å². The van der Waals surface area contributed by atoms with Gasteiger partial charge in [0.2, 0.25) is 5.91 Å². The van der Waals surface area contributed by atoms with Crippen molar-refractivity contribution in [1.29, 1.82) is 0 Å². The van der Waals surface area contributed by atoms with E-state index in [-0.39, 0.29) is 5.91 Å². The number of amides is 1. The van der Waals surface area contributed by atoms with E-state index in [0.717, 1.165) is 12.0 Å². The van der Waals surface area contributed by atoms with Crippen LogP contribution in [0.25, 0.3) is 0 Å². The number of nitrogens with zero attached hydrogens (tertiary/aromatic N) is 1. The highest BCUT2D eigenvalue weighted by Gasteiger charge is 2.11. The van der Waals surface area contributed by atoms with Gasteiger partial charge in [-0.15, -0.1) is 0 Å². The van der Waals surface area contributed by atoms with Crippen LogP contribution in [0.15, 0.2) is 30.3 Å². The van der Waals surface area contributed by atoms with Gasteiger partial charge in [0.25, 0.3) is 0 Å². The van der Waals surface area contributed by atoms with Crippen LogP contribution in [0.1, 0.15) is 25.3 Å². The van der Waals surface area contributed by atoms with Crippen LogP contribution in [0.2, 0.25) is 0 Å². The topological polar surface area (TPSA) is 46.3 Å². The molecule has 88 valence electrons. The van der Waals surface area contributed by atoms with Crippen LogP contribution in [0, 0.1) is 0 Å². The first kappa shape index (κ1) is 12.7. The minimum atomic E-state index is 0.191. The average Bonchev–Trinajstić information content (AvgIpc) is 2.30. The molecule has 0 saturated heterocycles. The molecule has 0 atom stereocenters. The molecule has 3 nitrogen and oxygen atoms in total. The number of carbonyl (C=O) groups is 1. The molecule has 2 N–H and O–H groups in total. The van der Waals surface area contributed by atoms with Crippen molar-refractivity contribution in [2.75, 3.05) is 13.1 Å². The third-order valence-corrected chi connectivity index (χ3v) is 2.43. The number of benzene rings is 1. The maximum atomic E-state index is 11.8. The Morgan fingerprint density at radius 1 is 1.31 bits per heavy atom. The quantitative estimate of drug-likeness (QED) is 0.794. The van der Waals surface area contributed by atoms with Crippen molar-refractivity contribution in [3.8, 4) is 0 Å². The lowest BCUT2D eigenvalue weighted by Gasteiger charge is -2.22. The van der Waals surface area contributed by atoms with E-state index in [1.165, 1.54) is 0 Å². The van der Waals surface area contributed by atoms with Crippen molar-refractivity contribution in [3.63, 3.8) is 0 Å². The van der Waals surface area contributed by atoms with Crippen LogP contribution >= 0.6 is 0 Å². The Morgan fingerprint density at radius 2 is 2.00 bits per heavy atom. The van der Waals surface area contributed by atoms with Crippen LogP contribution in [-0.2, 0) is 11.3 Å². The molecule has 0 radical (unpaired) electrons. The summed E-state index contributed by atoms with van der Waals surface area (Å²) in [5.74, 6) is 0.191. The molecule has 1 aromatic carbocycles. The number of hydrogen-bond acceptors (Lipinski definition) is 2. The third-order valence-electron chi connectivity index (χ3n) is 2.43. The van der Waals surface area contributed by atoms with Gasteiger partial charge in [0, 0.05) is 26.1 Å². The molecule has 0 heterocycles. The normalized spacial score (nSPS) is 10.1. The lowest BCUT2D eigenvalue weighted by molar-refractivity contribution is -0.131. The second kappa shape index (κ2) is 7.01. The second-order valence-electron chi connectivity index (χ2n) is 3.84. The van der Waals surface area contributed by atoms with Crippen LogP contribution in [0.4, 0.5) is 0 Å². The van der Waals surface area contributed by atoms with Crippen molar-refractivity contribution in [2.45, 2.75) is 26.3 Å². The van der Waals surface area contributed by atoms with Crippen LogP contribution in [0.5, 0.6) is 0 Å². The monoisotopic (exact) mass is 220 g/mol. The van der Waals surface area contributed by atoms with Gasteiger partial charge in [0.15, 0.2) is 0 Å². The molecule has 16 heavy (non-hydrogen) atoms. The molecular formula is C13H20N2O. The van der Waals surface area contributed by atoms with Gasteiger partial charge in [0.1, 0.15) is 0 Å². The van der Waals surface area contributed by atoms with Crippen LogP contribution in [0.3, 0.4) is 0 Å². The minimum absolute atomic E-state index is 0.191. The molecule has 0 aromatic heterocycles. The van der Waals surface area contributed by atoms with Crippen molar-refractivity contribution < 1.29 is 4.79 Å². The molecule has 0 saturated carbocycles. The van der Waals surface area contributed by atoms with Crippen molar-refractivity contribution in [3.05, 3.63) is 35.9 Å². The molecule has 3 heteroatoms. The maximum absolute atomic E-state index is 11.8. The fourth-order valence-electron chi connectivity index (χ4n) is 1.62. The first-order valence-electron chi connectivity index (χ1n) is 5.79. The molecule has 0 aliphatic rings. The summed E-state index contributed by atoms with van der Waals surface area (Å²) in [6.07, 6.45) is 1.49. The molecule has 0 aliphatic heterocycles. The summed E-state index contributed by atoms with van der Waals surface area (Å²) in [5.41, 5.74) is 6.68. The lowest BCUT2D eigenvalue weighted by atomic mass is 10.2. The predicted octanol–water partition coefficient (Wildman–Crippen LogP) is 1.77. The first-order chi connectivity index (χ1) is 7.77. The van der Waals surface area contributed by atoms with E-state index in [9.17, 15) is 4.79 Å². The largest absolute Gasteiger partial charge is 0.337 e. The lowest BCUT2D eigenvalue weighted by Crippen LogP contribution is -2.34. The first-order valence-corrected chi connectivity index (χ1v) is 5.79. The fraction of sp³-hybridized carbons (Fsp3) is 0.462. The SMILES string of the molecule is CCCC(=O)N(CCN)Cc1ccccc1. The molecule has 1 aromatic rings. The summed E-state index contributed by atoms with van der Waals surface area (Å²) in [5, 5.41) is 0. The Balaban J connectivity index is 2.60. The van der Waals surface area contributed by atoms with E-state index in [1.807, 2.05) is 42.2 Å². The molecule has 0 fully saturated rings. The highest BCUT2D eigenvalue weighted by Crippen LogP contribution is 2.06. The molecule has 0 spiro atoms. The summed E-state index contributed by atoms with van der Waals surface area (Å²) < 4.78 is 0. The number of rotatable bonds is 6. The summed E-state index contributed by atoms with van der Waals surface area (Å²) in [6.45, 7) is 3.83. The minimum Gasteiger partial charge on any atom is -0.337 e. The van der Waals surface area contributed by atoms with Gasteiger partial charge >= 0.3 is 0 Å². The Labute approximate surface area is 97.2 Å². The predicted molar refractivity (Wildman–Crippen MR) is 65.8 cm³/mol. The number of hydrogen-bond donors (Lipinski definition) is 1. The highest BCUT2D eigenvalue weighted by molar-refractivity contribution is 5.76. The zero-order chi connectivity index (χ0) is 11.8. The molecule has 0 bridgehead atoms. The van der Waals surface area contributed by atoms with E-state index >= 15 is 0 Å². The van der Waals surface area contributed by atoms with Gasteiger partial charge < -0.3 is 10.6 Å². The van der Waals surface area contributed by atoms with Gasteiger partial charge in [-0.1, -0.05) is 37.3 Å². The third kappa shape index (κ3) is 4.03. The van der Waals surface area contributed by atoms with Gasteiger partial charge in [-0.2, -0.15) is 0 Å². The van der Waals surface area contributed by atoms with Gasteiger partial charge in [-0.3, -0.25) is 4.79 Å². The van der Waals surface area contributed by atoms with E-state index < -0.39 is 0 Å². The molecular weight excluding hydrogens is 200 g/mol. The summed E-state index contributed by atoms with van der Waals surface area (Å²) >= 11 is 0. The van der Waals surface area contributed by atoms with E-state index in [4.69, 9.17) is 5.73 Å². The van der Waals surface area contributed by atoms with Crippen LogP contribution in [-0.4, -0.2) is 23.9 Å². The summed E-state index contributed by atoms with van der Waals surface area (Å²) in [6, 6.07) is 10.0. The average molecular weight is 220 g/mol. The van der Waals surface area contributed by atoms with Crippen molar-refractivity contribution in [2.24, 2.45) is 5.73 Å². The molecule has 0 aliphatic carbocycles. The maximum Gasteiger partial charge on any atom is 0.222 e. The zero-order valence-corrected chi connectivity index (χ0v) is 9.86. The Kier molecular flexibility index (Phi) is 5.57. The Morgan fingerprint density at radius 3 is 2.56 bits per heavy atom. The summed E-state index contributed by atoms with van der Waals surface area (Å²) in [4.78, 5) is 13.6. The second-order valence-corrected chi connectivity index (χ2v) is 3.84. The van der Waals surface area contributed by atoms with Gasteiger partial charge in [-0.25, -0.2) is 0 Å². The standard InChI is InChI=1S/C13H20N2O/c1-2-6-13(16)15(10-9-14)11-12-7-4-3-5-8-12/h3-5,7-8H,2,6,9-11,14H2,1H3. The van der Waals surface area contributed by atoms with Gasteiger partial charge in [0.05, 0.1) is 0 Å². The molecule has 1 amide bonds. The zero-order valence-electron chi connectivity index (χ0n) is 9.86. The number of nitrogens with two attached hydrogens (primary N) is 1. The van der Waals surface area contributed by atoms with E-state index in [0.29, 0.717) is 26.1 Å². The van der Waals surface area contributed by atoms with E-state index in [2.05, 4.69) is 0 Å². The highest BCUT2D eigenvalue weighted by atomic mass is 16.2. The number of carbonyl (C=O) groups excluding carboxylic acids is 1. The Hall–Kier alpha value is -1.35. The summed E-state index contributed by atoms with van der Waals surface area (Å²) in [7, 11) is 0. The fourth-order valence-corrected chi connectivity index (χ4v) is 1.62. The van der Waals surface area contributed by atoms with E-state index in [1.54, 1.807) is 0 Å².